The Morgan fingerprint density at radius 3 is 1.93 bits per heavy atom. The van der Waals surface area contributed by atoms with Gasteiger partial charge in [-0.05, 0) is 5.92 Å². The van der Waals surface area contributed by atoms with Crippen LogP contribution in [0.4, 0.5) is 17.6 Å². The Bertz CT molecular complexity index is 187. The lowest BCUT2D eigenvalue weighted by Gasteiger charge is -2.17. The number of hydrogen-bond acceptors (Lipinski definition) is 1. The zero-order valence-electron chi connectivity index (χ0n) is 8.20. The van der Waals surface area contributed by atoms with Crippen LogP contribution in [0.5, 0.6) is 0 Å². The first-order chi connectivity index (χ1) is 6.36. The van der Waals surface area contributed by atoms with Crippen LogP contribution in [0.1, 0.15) is 33.1 Å². The third-order valence-corrected chi connectivity index (χ3v) is 2.27. The normalized spacial score (nSPS) is 12.6. The van der Waals surface area contributed by atoms with E-state index in [1.807, 2.05) is 0 Å². The maximum atomic E-state index is 12.5. The van der Waals surface area contributed by atoms with Gasteiger partial charge in [-0.1, -0.05) is 26.7 Å². The standard InChI is InChI=1S/C9H14F4O/c1-3-6(4-2)5-7(14)9(12,13)8(10)11/h6,8H,3-5H2,1-2H3. The molecular weight excluding hydrogens is 200 g/mol. The number of Topliss-reactive ketones (excluding diaryl/α,β-unsaturated/α-hetero) is 1. The predicted molar refractivity (Wildman–Crippen MR) is 44.6 cm³/mol. The van der Waals surface area contributed by atoms with Crippen molar-refractivity contribution >= 4 is 5.78 Å². The van der Waals surface area contributed by atoms with Crippen LogP contribution in [0, 0.1) is 5.92 Å². The van der Waals surface area contributed by atoms with Crippen LogP contribution in [-0.4, -0.2) is 18.1 Å². The Balaban J connectivity index is 4.33. The minimum absolute atomic E-state index is 0.230. The summed E-state index contributed by atoms with van der Waals surface area (Å²) in [7, 11) is 0. The van der Waals surface area contributed by atoms with E-state index in [0.29, 0.717) is 12.8 Å². The molecule has 0 aromatic heterocycles. The molecule has 0 spiro atoms. The van der Waals surface area contributed by atoms with Crippen molar-refractivity contribution in [2.24, 2.45) is 5.92 Å². The lowest BCUT2D eigenvalue weighted by Crippen LogP contribution is -2.37. The summed E-state index contributed by atoms with van der Waals surface area (Å²) in [6, 6.07) is 0. The van der Waals surface area contributed by atoms with Crippen molar-refractivity contribution in [2.45, 2.75) is 45.5 Å². The van der Waals surface area contributed by atoms with Crippen molar-refractivity contribution in [3.05, 3.63) is 0 Å². The van der Waals surface area contributed by atoms with Gasteiger partial charge in [0, 0.05) is 6.42 Å². The van der Waals surface area contributed by atoms with E-state index in [2.05, 4.69) is 0 Å². The smallest absolute Gasteiger partial charge is 0.293 e. The van der Waals surface area contributed by atoms with Gasteiger partial charge in [0.2, 0.25) is 5.78 Å². The predicted octanol–water partition coefficient (Wildman–Crippen LogP) is 3.28. The summed E-state index contributed by atoms with van der Waals surface area (Å²) in [6.45, 7) is 3.48. The molecule has 0 saturated carbocycles. The Hall–Kier alpha value is -0.610. The second kappa shape index (κ2) is 5.32. The third-order valence-electron chi connectivity index (χ3n) is 2.27. The molecule has 0 aliphatic carbocycles. The number of ketones is 1. The molecule has 0 bridgehead atoms. The van der Waals surface area contributed by atoms with Crippen molar-refractivity contribution in [3.8, 4) is 0 Å². The summed E-state index contributed by atoms with van der Waals surface area (Å²) in [5.41, 5.74) is 0. The van der Waals surface area contributed by atoms with Crippen molar-refractivity contribution in [1.29, 1.82) is 0 Å². The van der Waals surface area contributed by atoms with E-state index in [1.165, 1.54) is 0 Å². The maximum absolute atomic E-state index is 12.5. The molecule has 0 aliphatic heterocycles. The summed E-state index contributed by atoms with van der Waals surface area (Å²) in [5, 5.41) is 0. The van der Waals surface area contributed by atoms with Gasteiger partial charge in [0.05, 0.1) is 0 Å². The molecule has 0 radical (unpaired) electrons. The lowest BCUT2D eigenvalue weighted by molar-refractivity contribution is -0.168. The number of hydrogen-bond donors (Lipinski definition) is 0. The molecule has 84 valence electrons. The summed E-state index contributed by atoms with van der Waals surface area (Å²) in [6.07, 6.45) is -3.28. The third kappa shape index (κ3) is 3.27. The molecule has 0 saturated heterocycles. The van der Waals surface area contributed by atoms with E-state index in [-0.39, 0.29) is 5.92 Å². The first kappa shape index (κ1) is 13.4. The highest BCUT2D eigenvalue weighted by atomic mass is 19.3. The van der Waals surface area contributed by atoms with Gasteiger partial charge in [0.25, 0.3) is 0 Å². The minimum atomic E-state index is -4.48. The molecular formula is C9H14F4O. The van der Waals surface area contributed by atoms with Gasteiger partial charge < -0.3 is 0 Å². The van der Waals surface area contributed by atoms with E-state index in [0.717, 1.165) is 0 Å². The average molecular weight is 214 g/mol. The summed E-state index contributed by atoms with van der Waals surface area (Å²) in [5.74, 6) is -6.36. The number of halogens is 4. The SMILES string of the molecule is CCC(CC)CC(=O)C(F)(F)C(F)F. The fourth-order valence-electron chi connectivity index (χ4n) is 1.10. The van der Waals surface area contributed by atoms with Gasteiger partial charge in [-0.15, -0.1) is 0 Å². The Morgan fingerprint density at radius 1 is 1.21 bits per heavy atom. The molecule has 0 atom stereocenters. The van der Waals surface area contributed by atoms with Crippen LogP contribution in [0.2, 0.25) is 0 Å². The van der Waals surface area contributed by atoms with Gasteiger partial charge >= 0.3 is 12.3 Å². The quantitative estimate of drug-likeness (QED) is 0.620. The molecule has 5 heteroatoms. The van der Waals surface area contributed by atoms with E-state index in [1.54, 1.807) is 13.8 Å². The molecule has 14 heavy (non-hydrogen) atoms. The van der Waals surface area contributed by atoms with Crippen LogP contribution in [0.3, 0.4) is 0 Å². The highest BCUT2D eigenvalue weighted by Gasteiger charge is 2.48. The second-order valence-electron chi connectivity index (χ2n) is 3.23. The molecule has 0 amide bonds. The van der Waals surface area contributed by atoms with E-state index < -0.39 is 24.6 Å². The molecule has 0 aromatic rings. The summed E-state index contributed by atoms with van der Waals surface area (Å²) in [4.78, 5) is 10.8. The molecule has 1 nitrogen and oxygen atoms in total. The zero-order valence-corrected chi connectivity index (χ0v) is 8.20. The van der Waals surface area contributed by atoms with Crippen molar-refractivity contribution in [2.75, 3.05) is 0 Å². The van der Waals surface area contributed by atoms with Crippen LogP contribution < -0.4 is 0 Å². The zero-order chi connectivity index (χ0) is 11.4. The van der Waals surface area contributed by atoms with Crippen molar-refractivity contribution in [3.63, 3.8) is 0 Å². The second-order valence-corrected chi connectivity index (χ2v) is 3.23. The van der Waals surface area contributed by atoms with E-state index >= 15 is 0 Å². The topological polar surface area (TPSA) is 17.1 Å². The van der Waals surface area contributed by atoms with Crippen molar-refractivity contribution in [1.82, 2.24) is 0 Å². The largest absolute Gasteiger partial charge is 0.364 e. The Labute approximate surface area is 80.5 Å². The molecule has 0 heterocycles. The van der Waals surface area contributed by atoms with Gasteiger partial charge in [-0.2, -0.15) is 8.78 Å². The average Bonchev–Trinajstić information content (AvgIpc) is 2.13. The molecule has 0 aromatic carbocycles. The monoisotopic (exact) mass is 214 g/mol. The number of carbonyl (C=O) groups is 1. The molecule has 0 fully saturated rings. The highest BCUT2D eigenvalue weighted by molar-refractivity contribution is 5.86. The van der Waals surface area contributed by atoms with Crippen LogP contribution in [0.15, 0.2) is 0 Å². The first-order valence-electron chi connectivity index (χ1n) is 4.55. The Kier molecular flexibility index (Phi) is 5.08. The van der Waals surface area contributed by atoms with Gasteiger partial charge in [0.15, 0.2) is 0 Å². The summed E-state index contributed by atoms with van der Waals surface area (Å²) >= 11 is 0. The van der Waals surface area contributed by atoms with E-state index in [9.17, 15) is 22.4 Å². The summed E-state index contributed by atoms with van der Waals surface area (Å²) < 4.78 is 48.4. The Morgan fingerprint density at radius 2 is 1.64 bits per heavy atom. The first-order valence-corrected chi connectivity index (χ1v) is 4.55. The number of alkyl halides is 4. The molecule has 0 rings (SSSR count). The minimum Gasteiger partial charge on any atom is -0.293 e. The van der Waals surface area contributed by atoms with Gasteiger partial charge in [0.1, 0.15) is 0 Å². The van der Waals surface area contributed by atoms with Gasteiger partial charge in [-0.25, -0.2) is 8.78 Å². The molecule has 0 aliphatic rings. The van der Waals surface area contributed by atoms with Crippen LogP contribution >= 0.6 is 0 Å². The maximum Gasteiger partial charge on any atom is 0.364 e. The van der Waals surface area contributed by atoms with Crippen LogP contribution in [-0.2, 0) is 4.79 Å². The van der Waals surface area contributed by atoms with Crippen LogP contribution in [0.25, 0.3) is 0 Å². The van der Waals surface area contributed by atoms with Gasteiger partial charge in [-0.3, -0.25) is 4.79 Å². The van der Waals surface area contributed by atoms with E-state index in [4.69, 9.17) is 0 Å². The highest BCUT2D eigenvalue weighted by Crippen LogP contribution is 2.28. The molecule has 0 N–H and O–H groups in total. The fraction of sp³-hybridized carbons (Fsp3) is 0.889. The fourth-order valence-corrected chi connectivity index (χ4v) is 1.10. The molecule has 0 unspecified atom stereocenters. The number of rotatable bonds is 6. The lowest BCUT2D eigenvalue weighted by atomic mass is 9.95. The van der Waals surface area contributed by atoms with Crippen molar-refractivity contribution < 1.29 is 22.4 Å². The number of carbonyl (C=O) groups excluding carboxylic acids is 1.